The standard InChI is InChI=1S/C21H22F3NO5/c22-21(23,24)30-17-9-4-8-16(12-17)13-18(20(27)28)25-19(26)10-5-11-29-14-15-6-2-1-3-7-15/h1-4,6-9,12,18H,5,10-11,13-14H2,(H,25,26)(H,27,28). The molecule has 30 heavy (non-hydrogen) atoms. The van der Waals surface area contributed by atoms with E-state index in [0.717, 1.165) is 17.7 Å². The first-order valence-electron chi connectivity index (χ1n) is 9.21. The van der Waals surface area contributed by atoms with Gasteiger partial charge in [-0.3, -0.25) is 4.79 Å². The number of amides is 1. The third-order valence-corrected chi connectivity index (χ3v) is 4.01. The number of carbonyl (C=O) groups is 2. The highest BCUT2D eigenvalue weighted by Crippen LogP contribution is 2.23. The van der Waals surface area contributed by atoms with Crippen LogP contribution in [0, 0.1) is 0 Å². The number of carbonyl (C=O) groups excluding carboxylic acids is 1. The summed E-state index contributed by atoms with van der Waals surface area (Å²) in [7, 11) is 0. The largest absolute Gasteiger partial charge is 0.573 e. The van der Waals surface area contributed by atoms with Crippen LogP contribution in [0.2, 0.25) is 0 Å². The number of benzene rings is 2. The fraction of sp³-hybridized carbons (Fsp3) is 0.333. The summed E-state index contributed by atoms with van der Waals surface area (Å²) in [6.45, 7) is 0.743. The van der Waals surface area contributed by atoms with Crippen molar-refractivity contribution in [3.05, 3.63) is 65.7 Å². The van der Waals surface area contributed by atoms with E-state index in [-0.39, 0.29) is 18.4 Å². The van der Waals surface area contributed by atoms with E-state index in [4.69, 9.17) is 4.74 Å². The first-order valence-corrected chi connectivity index (χ1v) is 9.21. The molecule has 9 heteroatoms. The minimum absolute atomic E-state index is 0.0653. The molecule has 2 rings (SSSR count). The van der Waals surface area contributed by atoms with Crippen LogP contribution in [0.25, 0.3) is 0 Å². The third-order valence-electron chi connectivity index (χ3n) is 4.01. The van der Waals surface area contributed by atoms with Crippen LogP contribution in [0.3, 0.4) is 0 Å². The van der Waals surface area contributed by atoms with Crippen molar-refractivity contribution in [1.82, 2.24) is 5.32 Å². The van der Waals surface area contributed by atoms with E-state index in [1.54, 1.807) is 0 Å². The number of aliphatic carboxylic acids is 1. The van der Waals surface area contributed by atoms with Gasteiger partial charge in [0.05, 0.1) is 6.61 Å². The van der Waals surface area contributed by atoms with Gasteiger partial charge >= 0.3 is 12.3 Å². The summed E-state index contributed by atoms with van der Waals surface area (Å²) in [5.41, 5.74) is 1.29. The molecule has 2 N–H and O–H groups in total. The average Bonchev–Trinajstić information content (AvgIpc) is 2.67. The summed E-state index contributed by atoms with van der Waals surface area (Å²) in [5.74, 6) is -2.22. The molecule has 1 unspecified atom stereocenters. The number of carboxylic acids is 1. The molecule has 0 radical (unpaired) electrons. The summed E-state index contributed by atoms with van der Waals surface area (Å²) in [4.78, 5) is 23.5. The lowest BCUT2D eigenvalue weighted by molar-refractivity contribution is -0.274. The second-order valence-corrected chi connectivity index (χ2v) is 6.50. The van der Waals surface area contributed by atoms with Crippen LogP contribution in [-0.4, -0.2) is 36.0 Å². The number of ether oxygens (including phenoxy) is 2. The lowest BCUT2D eigenvalue weighted by Gasteiger charge is -2.16. The molecule has 0 saturated carbocycles. The Kier molecular flexibility index (Phi) is 8.67. The first kappa shape index (κ1) is 23.2. The molecule has 0 aromatic heterocycles. The van der Waals surface area contributed by atoms with Gasteiger partial charge in [0.15, 0.2) is 0 Å². The topological polar surface area (TPSA) is 84.9 Å². The quantitative estimate of drug-likeness (QED) is 0.537. The number of nitrogens with one attached hydrogen (secondary N) is 1. The number of halogens is 3. The molecular formula is C21H22F3NO5. The molecule has 0 aliphatic carbocycles. The lowest BCUT2D eigenvalue weighted by Crippen LogP contribution is -2.42. The van der Waals surface area contributed by atoms with Crippen LogP contribution < -0.4 is 10.1 Å². The number of alkyl halides is 3. The summed E-state index contributed by atoms with van der Waals surface area (Å²) in [6.07, 6.45) is -4.56. The second-order valence-electron chi connectivity index (χ2n) is 6.50. The molecule has 1 amide bonds. The Morgan fingerprint density at radius 1 is 1.03 bits per heavy atom. The number of carboxylic acid groups (broad SMARTS) is 1. The van der Waals surface area contributed by atoms with Gasteiger partial charge in [-0.25, -0.2) is 4.79 Å². The van der Waals surface area contributed by atoms with Crippen LogP contribution >= 0.6 is 0 Å². The highest BCUT2D eigenvalue weighted by molar-refractivity contribution is 5.83. The zero-order valence-corrected chi connectivity index (χ0v) is 16.0. The maximum absolute atomic E-state index is 12.3. The van der Waals surface area contributed by atoms with Gasteiger partial charge in [-0.15, -0.1) is 13.2 Å². The summed E-state index contributed by atoms with van der Waals surface area (Å²) < 4.78 is 46.3. The minimum Gasteiger partial charge on any atom is -0.480 e. The summed E-state index contributed by atoms with van der Waals surface area (Å²) in [5, 5.41) is 11.7. The van der Waals surface area contributed by atoms with Crippen molar-refractivity contribution < 1.29 is 37.3 Å². The molecule has 2 aromatic carbocycles. The fourth-order valence-corrected chi connectivity index (χ4v) is 2.67. The Morgan fingerprint density at radius 3 is 2.40 bits per heavy atom. The fourth-order valence-electron chi connectivity index (χ4n) is 2.67. The maximum Gasteiger partial charge on any atom is 0.573 e. The number of hydrogen-bond donors (Lipinski definition) is 2. The average molecular weight is 425 g/mol. The zero-order valence-electron chi connectivity index (χ0n) is 16.0. The van der Waals surface area contributed by atoms with Crippen molar-refractivity contribution in [2.75, 3.05) is 6.61 Å². The van der Waals surface area contributed by atoms with E-state index in [2.05, 4.69) is 10.1 Å². The molecule has 0 saturated heterocycles. The predicted molar refractivity (Wildman–Crippen MR) is 102 cm³/mol. The van der Waals surface area contributed by atoms with Crippen molar-refractivity contribution in [2.24, 2.45) is 0 Å². The first-order chi connectivity index (χ1) is 14.2. The van der Waals surface area contributed by atoms with Gasteiger partial charge in [-0.1, -0.05) is 42.5 Å². The zero-order chi connectivity index (χ0) is 22.0. The van der Waals surface area contributed by atoms with Crippen molar-refractivity contribution in [3.8, 4) is 5.75 Å². The van der Waals surface area contributed by atoms with E-state index in [9.17, 15) is 27.9 Å². The molecule has 162 valence electrons. The Morgan fingerprint density at radius 2 is 1.73 bits per heavy atom. The summed E-state index contributed by atoms with van der Waals surface area (Å²) in [6, 6.07) is 13.2. The molecule has 0 fully saturated rings. The van der Waals surface area contributed by atoms with E-state index in [1.807, 2.05) is 30.3 Å². The second kappa shape index (κ2) is 11.2. The normalized spacial score (nSPS) is 12.2. The highest BCUT2D eigenvalue weighted by Gasteiger charge is 2.31. The van der Waals surface area contributed by atoms with Gasteiger partial charge in [-0.2, -0.15) is 0 Å². The van der Waals surface area contributed by atoms with Crippen LogP contribution in [0.15, 0.2) is 54.6 Å². The van der Waals surface area contributed by atoms with Gasteiger partial charge in [0, 0.05) is 19.4 Å². The van der Waals surface area contributed by atoms with E-state index >= 15 is 0 Å². The molecule has 6 nitrogen and oxygen atoms in total. The summed E-state index contributed by atoms with van der Waals surface area (Å²) >= 11 is 0. The number of hydrogen-bond acceptors (Lipinski definition) is 4. The molecule has 0 bridgehead atoms. The van der Waals surface area contributed by atoms with Crippen molar-refractivity contribution in [2.45, 2.75) is 38.3 Å². The van der Waals surface area contributed by atoms with Gasteiger partial charge in [-0.05, 0) is 29.7 Å². The SMILES string of the molecule is O=C(CCCOCc1ccccc1)NC(Cc1cccc(OC(F)(F)F)c1)C(=O)O. The molecule has 0 aliphatic heterocycles. The Labute approximate surface area is 171 Å². The predicted octanol–water partition coefficient (Wildman–Crippen LogP) is 3.69. The minimum atomic E-state index is -4.85. The molecule has 0 heterocycles. The van der Waals surface area contributed by atoms with E-state index < -0.39 is 30.0 Å². The maximum atomic E-state index is 12.3. The van der Waals surface area contributed by atoms with Gasteiger partial charge in [0.1, 0.15) is 11.8 Å². The molecular weight excluding hydrogens is 403 g/mol. The van der Waals surface area contributed by atoms with Crippen molar-refractivity contribution in [3.63, 3.8) is 0 Å². The van der Waals surface area contributed by atoms with Crippen LogP contribution in [0.4, 0.5) is 13.2 Å². The Bertz CT molecular complexity index is 827. The molecule has 2 aromatic rings. The monoisotopic (exact) mass is 425 g/mol. The number of rotatable bonds is 11. The van der Waals surface area contributed by atoms with E-state index in [1.165, 1.54) is 12.1 Å². The van der Waals surface area contributed by atoms with Crippen LogP contribution in [0.1, 0.15) is 24.0 Å². The molecule has 0 spiro atoms. The van der Waals surface area contributed by atoms with Gasteiger partial charge in [0.2, 0.25) is 5.91 Å². The van der Waals surface area contributed by atoms with Gasteiger partial charge in [0.25, 0.3) is 0 Å². The van der Waals surface area contributed by atoms with Crippen LogP contribution in [-0.2, 0) is 27.4 Å². The lowest BCUT2D eigenvalue weighted by atomic mass is 10.1. The highest BCUT2D eigenvalue weighted by atomic mass is 19.4. The third kappa shape index (κ3) is 8.95. The van der Waals surface area contributed by atoms with Crippen LogP contribution in [0.5, 0.6) is 5.75 Å². The Hall–Kier alpha value is -3.07. The van der Waals surface area contributed by atoms with Gasteiger partial charge < -0.3 is 19.9 Å². The van der Waals surface area contributed by atoms with Crippen molar-refractivity contribution >= 4 is 11.9 Å². The van der Waals surface area contributed by atoms with E-state index in [0.29, 0.717) is 19.6 Å². The molecule has 0 aliphatic rings. The smallest absolute Gasteiger partial charge is 0.480 e. The Balaban J connectivity index is 1.78. The molecule has 1 atom stereocenters. The van der Waals surface area contributed by atoms with Crippen molar-refractivity contribution in [1.29, 1.82) is 0 Å².